The molecule has 0 radical (unpaired) electrons. The number of alkyl halides is 6. The van der Waals surface area contributed by atoms with Crippen LogP contribution in [0.15, 0.2) is 76.4 Å². The minimum atomic E-state index is -4.66. The molecule has 210 valence electrons. The molecule has 7 nitrogen and oxygen atoms in total. The van der Waals surface area contributed by atoms with E-state index in [-0.39, 0.29) is 34.0 Å². The summed E-state index contributed by atoms with van der Waals surface area (Å²) in [5.74, 6) is -3.05. The summed E-state index contributed by atoms with van der Waals surface area (Å²) in [5.41, 5.74) is -1.76. The molecule has 1 heterocycles. The molecule has 0 atom stereocenters. The molecule has 0 saturated carbocycles. The van der Waals surface area contributed by atoms with Gasteiger partial charge in [0.2, 0.25) is 5.82 Å². The van der Waals surface area contributed by atoms with Gasteiger partial charge in [-0.25, -0.2) is 0 Å². The van der Waals surface area contributed by atoms with Crippen LogP contribution in [-0.4, -0.2) is 43.9 Å². The van der Waals surface area contributed by atoms with E-state index in [1.807, 2.05) is 0 Å². The summed E-state index contributed by atoms with van der Waals surface area (Å²) in [6.45, 7) is -0.884. The van der Waals surface area contributed by atoms with Crippen molar-refractivity contribution < 1.29 is 45.9 Å². The number of hydrogen-bond acceptors (Lipinski definition) is 6. The van der Waals surface area contributed by atoms with E-state index in [0.717, 1.165) is 41.3 Å². The fraction of sp³-hybridized carbons (Fsp3) is 0.192. The van der Waals surface area contributed by atoms with Crippen LogP contribution in [0, 0.1) is 0 Å². The van der Waals surface area contributed by atoms with Crippen molar-refractivity contribution in [3.63, 3.8) is 0 Å². The molecule has 4 rings (SSSR count). The van der Waals surface area contributed by atoms with Gasteiger partial charge in [-0.3, -0.25) is 4.79 Å². The van der Waals surface area contributed by atoms with Crippen molar-refractivity contribution in [1.82, 2.24) is 15.0 Å². The third kappa shape index (κ3) is 6.65. The normalized spacial score (nSPS) is 14.0. The molecule has 14 heteroatoms. The van der Waals surface area contributed by atoms with Crippen molar-refractivity contribution in [3.8, 4) is 22.9 Å². The van der Waals surface area contributed by atoms with Crippen LogP contribution < -0.4 is 0 Å². The molecule has 3 aromatic rings. The highest BCUT2D eigenvalue weighted by Gasteiger charge is 2.33. The number of rotatable bonds is 6. The summed E-state index contributed by atoms with van der Waals surface area (Å²) in [7, 11) is 0. The largest absolute Gasteiger partial charge is 0.504 e. The van der Waals surface area contributed by atoms with Crippen LogP contribution in [0.4, 0.5) is 26.3 Å². The molecule has 0 bridgehead atoms. The van der Waals surface area contributed by atoms with E-state index in [1.54, 1.807) is 0 Å². The average Bonchev–Trinajstić information content (AvgIpc) is 3.24. The molecule has 0 saturated heterocycles. The van der Waals surface area contributed by atoms with E-state index in [0.29, 0.717) is 0 Å². The number of carbonyl (C=O) groups excluding carboxylic acids is 1. The van der Waals surface area contributed by atoms with Gasteiger partial charge < -0.3 is 19.6 Å². The number of amides is 1. The highest BCUT2D eigenvalue weighted by molar-refractivity contribution is 6.32. The zero-order valence-corrected chi connectivity index (χ0v) is 20.8. The fourth-order valence-electron chi connectivity index (χ4n) is 3.78. The van der Waals surface area contributed by atoms with Gasteiger partial charge in [-0.1, -0.05) is 47.1 Å². The minimum absolute atomic E-state index is 0.0223. The summed E-state index contributed by atoms with van der Waals surface area (Å²) >= 11 is 5.84. The van der Waals surface area contributed by atoms with Gasteiger partial charge in [-0.2, -0.15) is 31.3 Å². The standard InChI is InChI=1S/C26H18ClF6N3O4/c27-19-10-16(11-20(37)21(19)38)22-34-23(40-35-22)24(39)36(13-15-5-3-7-18(9-15)26(31,32)33)12-14-4-1-2-6-17(8-14)25(28,29)30/h1,3-11,37-38H,2,12-13H2. The van der Waals surface area contributed by atoms with Gasteiger partial charge >= 0.3 is 24.2 Å². The molecule has 0 aliphatic heterocycles. The Morgan fingerprint density at radius 1 is 1.05 bits per heavy atom. The number of phenols is 2. The van der Waals surface area contributed by atoms with Crippen LogP contribution in [-0.2, 0) is 12.7 Å². The zero-order chi connectivity index (χ0) is 29.2. The third-order valence-corrected chi connectivity index (χ3v) is 5.96. The Hall–Kier alpha value is -4.26. The summed E-state index contributed by atoms with van der Waals surface area (Å²) in [6, 6.07) is 6.36. The van der Waals surface area contributed by atoms with Crippen LogP contribution in [0.2, 0.25) is 5.02 Å². The van der Waals surface area contributed by atoms with E-state index < -0.39 is 59.9 Å². The molecule has 0 unspecified atom stereocenters. The molecule has 0 spiro atoms. The van der Waals surface area contributed by atoms with Crippen LogP contribution >= 0.6 is 11.6 Å². The van der Waals surface area contributed by atoms with Gasteiger partial charge in [0.25, 0.3) is 0 Å². The molecular formula is C26H18ClF6N3O4. The van der Waals surface area contributed by atoms with Crippen LogP contribution in [0.3, 0.4) is 0 Å². The minimum Gasteiger partial charge on any atom is -0.504 e. The number of allylic oxidation sites excluding steroid dienone is 4. The highest BCUT2D eigenvalue weighted by Crippen LogP contribution is 2.37. The number of carbonyl (C=O) groups is 1. The molecule has 1 amide bonds. The number of benzene rings is 2. The van der Waals surface area contributed by atoms with Gasteiger partial charge in [0.15, 0.2) is 11.5 Å². The van der Waals surface area contributed by atoms with E-state index in [2.05, 4.69) is 10.1 Å². The molecule has 0 fully saturated rings. The van der Waals surface area contributed by atoms with Gasteiger partial charge in [-0.05, 0) is 47.9 Å². The van der Waals surface area contributed by atoms with E-state index in [1.165, 1.54) is 24.3 Å². The lowest BCUT2D eigenvalue weighted by Crippen LogP contribution is -2.32. The molecule has 1 aliphatic rings. The Labute approximate surface area is 227 Å². The number of nitrogens with zero attached hydrogens (tertiary/aromatic N) is 3. The lowest BCUT2D eigenvalue weighted by molar-refractivity contribution is -0.137. The molecule has 2 aromatic carbocycles. The molecule has 1 aromatic heterocycles. The lowest BCUT2D eigenvalue weighted by Gasteiger charge is -2.22. The average molecular weight is 586 g/mol. The smallest absolute Gasteiger partial charge is 0.416 e. The van der Waals surface area contributed by atoms with E-state index in [4.69, 9.17) is 16.1 Å². The summed E-state index contributed by atoms with van der Waals surface area (Å²) in [5, 5.41) is 22.8. The van der Waals surface area contributed by atoms with Gasteiger partial charge in [0.1, 0.15) is 0 Å². The Morgan fingerprint density at radius 3 is 2.48 bits per heavy atom. The first-order valence-electron chi connectivity index (χ1n) is 11.4. The number of phenolic OH excluding ortho intramolecular Hbond substituents is 2. The zero-order valence-electron chi connectivity index (χ0n) is 20.1. The van der Waals surface area contributed by atoms with Crippen molar-refractivity contribution in [2.45, 2.75) is 25.3 Å². The first-order chi connectivity index (χ1) is 18.7. The summed E-state index contributed by atoms with van der Waals surface area (Å²) < 4.78 is 85.0. The van der Waals surface area contributed by atoms with Crippen LogP contribution in [0.5, 0.6) is 11.5 Å². The van der Waals surface area contributed by atoms with E-state index >= 15 is 0 Å². The maximum absolute atomic E-state index is 13.4. The highest BCUT2D eigenvalue weighted by atomic mass is 35.5. The number of aromatic hydroxyl groups is 2. The van der Waals surface area contributed by atoms with Crippen molar-refractivity contribution >= 4 is 17.5 Å². The predicted octanol–water partition coefficient (Wildman–Crippen LogP) is 6.84. The molecule has 40 heavy (non-hydrogen) atoms. The van der Waals surface area contributed by atoms with Crippen molar-refractivity contribution in [2.75, 3.05) is 6.54 Å². The molecule has 2 N–H and O–H groups in total. The van der Waals surface area contributed by atoms with Crippen LogP contribution in [0.1, 0.15) is 28.2 Å². The Bertz CT molecular complexity index is 1500. The van der Waals surface area contributed by atoms with Crippen molar-refractivity contribution in [1.29, 1.82) is 0 Å². The monoisotopic (exact) mass is 585 g/mol. The quantitative estimate of drug-likeness (QED) is 0.243. The fourth-order valence-corrected chi connectivity index (χ4v) is 3.99. The number of halogens is 7. The Morgan fingerprint density at radius 2 is 1.80 bits per heavy atom. The lowest BCUT2D eigenvalue weighted by atomic mass is 10.1. The van der Waals surface area contributed by atoms with Crippen molar-refractivity contribution in [2.24, 2.45) is 0 Å². The van der Waals surface area contributed by atoms with Crippen LogP contribution in [0.25, 0.3) is 11.4 Å². The Balaban J connectivity index is 1.69. The first kappa shape index (κ1) is 28.7. The SMILES string of the molecule is O=C(c1nc(-c2cc(O)c(O)c(Cl)c2)no1)N(CC1=CC(C(F)(F)F)=CCC=C1)Cc1cccc(C(F)(F)F)c1. The van der Waals surface area contributed by atoms with E-state index in [9.17, 15) is 41.4 Å². The predicted molar refractivity (Wildman–Crippen MR) is 130 cm³/mol. The second-order valence-electron chi connectivity index (χ2n) is 8.62. The summed E-state index contributed by atoms with van der Waals surface area (Å²) in [4.78, 5) is 18.3. The maximum Gasteiger partial charge on any atom is 0.416 e. The van der Waals surface area contributed by atoms with Gasteiger partial charge in [0.05, 0.1) is 16.2 Å². The van der Waals surface area contributed by atoms with Crippen molar-refractivity contribution in [3.05, 3.63) is 93.9 Å². The first-order valence-corrected chi connectivity index (χ1v) is 11.8. The summed E-state index contributed by atoms with van der Waals surface area (Å²) in [6.07, 6.45) is -4.72. The van der Waals surface area contributed by atoms with Gasteiger partial charge in [0, 0.05) is 18.7 Å². The third-order valence-electron chi connectivity index (χ3n) is 5.67. The number of aromatic nitrogens is 2. The topological polar surface area (TPSA) is 99.7 Å². The second kappa shape index (κ2) is 11.1. The number of hydrogen-bond donors (Lipinski definition) is 2. The Kier molecular flexibility index (Phi) is 7.96. The maximum atomic E-state index is 13.4. The molecule has 1 aliphatic carbocycles. The van der Waals surface area contributed by atoms with Gasteiger partial charge in [-0.15, -0.1) is 0 Å². The molecular weight excluding hydrogens is 568 g/mol. The second-order valence-corrected chi connectivity index (χ2v) is 9.03.